The van der Waals surface area contributed by atoms with Crippen LogP contribution in [0.3, 0.4) is 0 Å². The number of carbonyl (C=O) groups is 1. The van der Waals surface area contributed by atoms with Gasteiger partial charge in [-0.05, 0) is 12.2 Å². The van der Waals surface area contributed by atoms with Crippen LogP contribution in [0.15, 0.2) is 0 Å². The van der Waals surface area contributed by atoms with Crippen molar-refractivity contribution in [2.75, 3.05) is 19.7 Å². The second-order valence-corrected chi connectivity index (χ2v) is 2.20. The van der Waals surface area contributed by atoms with Crippen LogP contribution >= 0.6 is 12.6 Å². The maximum Gasteiger partial charge on any atom is 0.307 e. The van der Waals surface area contributed by atoms with E-state index in [-0.39, 0.29) is 12.8 Å². The summed E-state index contributed by atoms with van der Waals surface area (Å²) in [5, 5.41) is 0. The van der Waals surface area contributed by atoms with E-state index in [1.165, 1.54) is 7.11 Å². The molecule has 0 aromatic rings. The van der Waals surface area contributed by atoms with Crippen molar-refractivity contribution in [2.24, 2.45) is 0 Å². The van der Waals surface area contributed by atoms with E-state index in [1.807, 2.05) is 0 Å². The van der Waals surface area contributed by atoms with E-state index >= 15 is 0 Å². The molecule has 0 atom stereocenters. The molecule has 0 aliphatic heterocycles. The number of hydrogen-bond acceptors (Lipinski definition) is 4. The van der Waals surface area contributed by atoms with Crippen molar-refractivity contribution in [3.63, 3.8) is 0 Å². The van der Waals surface area contributed by atoms with E-state index in [0.717, 1.165) is 6.42 Å². The van der Waals surface area contributed by atoms with Gasteiger partial charge in [0.15, 0.2) is 6.79 Å². The highest BCUT2D eigenvalue weighted by atomic mass is 32.1. The summed E-state index contributed by atoms with van der Waals surface area (Å²) < 4.78 is 9.13. The third kappa shape index (κ3) is 5.91. The Kier molecular flexibility index (Phi) is 6.74. The summed E-state index contributed by atoms with van der Waals surface area (Å²) in [5.74, 6) is 0.484. The topological polar surface area (TPSA) is 35.5 Å². The van der Waals surface area contributed by atoms with Crippen molar-refractivity contribution in [3.05, 3.63) is 0 Å². The molecule has 0 N–H and O–H groups in total. The highest BCUT2D eigenvalue weighted by Crippen LogP contribution is 1.93. The maximum absolute atomic E-state index is 10.6. The van der Waals surface area contributed by atoms with Gasteiger partial charge in [0.25, 0.3) is 0 Å². The first-order chi connectivity index (χ1) is 4.81. The van der Waals surface area contributed by atoms with Gasteiger partial charge in [0.05, 0.1) is 0 Å². The van der Waals surface area contributed by atoms with Gasteiger partial charge in [0.1, 0.15) is 0 Å². The molecule has 4 heteroatoms. The summed E-state index contributed by atoms with van der Waals surface area (Å²) in [6.45, 7) is 0.0470. The van der Waals surface area contributed by atoms with Crippen molar-refractivity contribution >= 4 is 18.6 Å². The Balaban J connectivity index is 3.09. The first-order valence-electron chi connectivity index (χ1n) is 3.06. The van der Waals surface area contributed by atoms with Gasteiger partial charge in [0.2, 0.25) is 0 Å². The Labute approximate surface area is 66.1 Å². The summed E-state index contributed by atoms with van der Waals surface area (Å²) in [6, 6.07) is 0. The maximum atomic E-state index is 10.6. The van der Waals surface area contributed by atoms with Gasteiger partial charge in [-0.2, -0.15) is 12.6 Å². The number of thiol groups is 1. The summed E-state index contributed by atoms with van der Waals surface area (Å²) >= 11 is 3.95. The van der Waals surface area contributed by atoms with Crippen molar-refractivity contribution in [1.82, 2.24) is 0 Å². The molecular weight excluding hydrogens is 152 g/mol. The average molecular weight is 164 g/mol. The first kappa shape index (κ1) is 9.78. The number of rotatable bonds is 5. The lowest BCUT2D eigenvalue weighted by Crippen LogP contribution is -2.06. The summed E-state index contributed by atoms with van der Waals surface area (Å²) in [4.78, 5) is 10.6. The van der Waals surface area contributed by atoms with Gasteiger partial charge in [-0.15, -0.1) is 0 Å². The van der Waals surface area contributed by atoms with Crippen LogP contribution in [0.25, 0.3) is 0 Å². The van der Waals surface area contributed by atoms with Crippen molar-refractivity contribution < 1.29 is 14.3 Å². The molecule has 0 aromatic heterocycles. The number of methoxy groups -OCH3 is 1. The highest BCUT2D eigenvalue weighted by Gasteiger charge is 1.99. The molecule has 60 valence electrons. The largest absolute Gasteiger partial charge is 0.438 e. The molecule has 0 unspecified atom stereocenters. The smallest absolute Gasteiger partial charge is 0.307 e. The Morgan fingerprint density at radius 1 is 1.60 bits per heavy atom. The molecular formula is C6H12O3S. The molecule has 0 amide bonds. The molecule has 0 bridgehead atoms. The second-order valence-electron chi connectivity index (χ2n) is 1.75. The van der Waals surface area contributed by atoms with Crippen molar-refractivity contribution in [3.8, 4) is 0 Å². The Morgan fingerprint density at radius 3 is 2.80 bits per heavy atom. The minimum atomic E-state index is -0.226. The van der Waals surface area contributed by atoms with Gasteiger partial charge < -0.3 is 9.47 Å². The molecule has 10 heavy (non-hydrogen) atoms. The van der Waals surface area contributed by atoms with E-state index in [4.69, 9.17) is 0 Å². The number of hydrogen-bond donors (Lipinski definition) is 1. The lowest BCUT2D eigenvalue weighted by molar-refractivity contribution is -0.154. The fraction of sp³-hybridized carbons (Fsp3) is 0.833. The fourth-order valence-electron chi connectivity index (χ4n) is 0.420. The van der Waals surface area contributed by atoms with Gasteiger partial charge in [-0.3, -0.25) is 4.79 Å². The van der Waals surface area contributed by atoms with E-state index in [2.05, 4.69) is 22.1 Å². The molecule has 0 aromatic carbocycles. The molecule has 3 nitrogen and oxygen atoms in total. The minimum absolute atomic E-state index is 0.0470. The predicted molar refractivity (Wildman–Crippen MR) is 41.1 cm³/mol. The van der Waals surface area contributed by atoms with Gasteiger partial charge in [0, 0.05) is 13.5 Å². The predicted octanol–water partition coefficient (Wildman–Crippen LogP) is 0.844. The molecule has 0 rings (SSSR count). The quantitative estimate of drug-likeness (QED) is 0.371. The number of esters is 1. The first-order valence-corrected chi connectivity index (χ1v) is 3.70. The van der Waals surface area contributed by atoms with E-state index < -0.39 is 0 Å². The van der Waals surface area contributed by atoms with Crippen LogP contribution in [-0.2, 0) is 14.3 Å². The molecule has 0 saturated heterocycles. The Hall–Kier alpha value is -0.220. The summed E-state index contributed by atoms with van der Waals surface area (Å²) in [5.41, 5.74) is 0. The van der Waals surface area contributed by atoms with Crippen LogP contribution in [0.4, 0.5) is 0 Å². The zero-order valence-corrected chi connectivity index (χ0v) is 6.89. The number of ether oxygens (including phenoxy) is 2. The fourth-order valence-corrected chi connectivity index (χ4v) is 0.578. The summed E-state index contributed by atoms with van der Waals surface area (Å²) in [7, 11) is 1.48. The standard InChI is InChI=1S/C6H12O3S/c1-8-5-9-6(7)3-2-4-10/h10H,2-5H2,1H3. The molecule has 0 radical (unpaired) electrons. The molecule has 0 saturated carbocycles. The van der Waals surface area contributed by atoms with E-state index in [9.17, 15) is 4.79 Å². The van der Waals surface area contributed by atoms with Crippen molar-refractivity contribution in [1.29, 1.82) is 0 Å². The third-order valence-electron chi connectivity index (χ3n) is 0.877. The van der Waals surface area contributed by atoms with Crippen LogP contribution in [0.5, 0.6) is 0 Å². The Bertz CT molecular complexity index is 85.0. The summed E-state index contributed by atoms with van der Waals surface area (Å²) in [6.07, 6.45) is 1.18. The lowest BCUT2D eigenvalue weighted by atomic mass is 10.3. The molecule has 0 aliphatic rings. The Morgan fingerprint density at radius 2 is 2.30 bits per heavy atom. The van der Waals surface area contributed by atoms with E-state index in [1.54, 1.807) is 0 Å². The lowest BCUT2D eigenvalue weighted by Gasteiger charge is -2.00. The normalized spacial score (nSPS) is 9.40. The van der Waals surface area contributed by atoms with Crippen LogP contribution in [0, 0.1) is 0 Å². The third-order valence-corrected chi connectivity index (χ3v) is 1.19. The van der Waals surface area contributed by atoms with Crippen molar-refractivity contribution in [2.45, 2.75) is 12.8 Å². The van der Waals surface area contributed by atoms with Crippen LogP contribution in [0.2, 0.25) is 0 Å². The molecule has 0 spiro atoms. The van der Waals surface area contributed by atoms with E-state index in [0.29, 0.717) is 12.2 Å². The van der Waals surface area contributed by atoms with Gasteiger partial charge in [-0.25, -0.2) is 0 Å². The van der Waals surface area contributed by atoms with Gasteiger partial charge in [-0.1, -0.05) is 0 Å². The zero-order chi connectivity index (χ0) is 7.82. The minimum Gasteiger partial charge on any atom is -0.438 e. The number of carbonyl (C=O) groups excluding carboxylic acids is 1. The zero-order valence-electron chi connectivity index (χ0n) is 6.00. The second kappa shape index (κ2) is 6.89. The SMILES string of the molecule is COCOC(=O)CCCS. The van der Waals surface area contributed by atoms with Crippen LogP contribution in [-0.4, -0.2) is 25.6 Å². The molecule has 0 fully saturated rings. The van der Waals surface area contributed by atoms with Crippen LogP contribution in [0.1, 0.15) is 12.8 Å². The average Bonchev–Trinajstić information content (AvgIpc) is 1.97. The molecule has 0 aliphatic carbocycles. The monoisotopic (exact) mass is 164 g/mol. The van der Waals surface area contributed by atoms with Crippen LogP contribution < -0.4 is 0 Å². The van der Waals surface area contributed by atoms with Gasteiger partial charge >= 0.3 is 5.97 Å². The highest BCUT2D eigenvalue weighted by molar-refractivity contribution is 7.80. The molecule has 0 heterocycles.